The van der Waals surface area contributed by atoms with E-state index in [0.29, 0.717) is 0 Å². The van der Waals surface area contributed by atoms with Gasteiger partial charge in [0.15, 0.2) is 0 Å². The van der Waals surface area contributed by atoms with Crippen LogP contribution in [0.1, 0.15) is 42.5 Å². The van der Waals surface area contributed by atoms with Crippen molar-refractivity contribution >= 4 is 17.3 Å². The summed E-state index contributed by atoms with van der Waals surface area (Å²) in [6, 6.07) is 4.44. The van der Waals surface area contributed by atoms with Crippen molar-refractivity contribution in [3.63, 3.8) is 0 Å². The Morgan fingerprint density at radius 2 is 2.00 bits per heavy atom. The summed E-state index contributed by atoms with van der Waals surface area (Å²) in [5, 5.41) is 13.7. The van der Waals surface area contributed by atoms with E-state index < -0.39 is 4.92 Å². The minimum atomic E-state index is -0.577. The quantitative estimate of drug-likeness (QED) is 0.496. The lowest BCUT2D eigenvalue weighted by Gasteiger charge is -2.22. The van der Waals surface area contributed by atoms with Crippen LogP contribution in [0, 0.1) is 10.1 Å². The molecule has 3 N–H and O–H groups in total. The zero-order valence-electron chi connectivity index (χ0n) is 10.6. The molecule has 1 saturated carbocycles. The number of nitrogens with one attached hydrogen (secondary N) is 1. The summed E-state index contributed by atoms with van der Waals surface area (Å²) in [5.41, 5.74) is 5.57. The van der Waals surface area contributed by atoms with Crippen molar-refractivity contribution in [2.75, 3.05) is 5.73 Å². The summed E-state index contributed by atoms with van der Waals surface area (Å²) in [6.07, 6.45) is 5.33. The van der Waals surface area contributed by atoms with E-state index in [9.17, 15) is 14.9 Å². The number of carbonyl (C=O) groups excluding carboxylic acids is 1. The highest BCUT2D eigenvalue weighted by molar-refractivity contribution is 6.01. The van der Waals surface area contributed by atoms with Gasteiger partial charge >= 0.3 is 0 Å². The second kappa shape index (κ2) is 5.69. The number of hydrogen-bond acceptors (Lipinski definition) is 4. The average molecular weight is 263 g/mol. The molecule has 6 nitrogen and oxygen atoms in total. The number of amides is 1. The minimum absolute atomic E-state index is 0.0687. The Balaban J connectivity index is 2.14. The second-order valence-electron chi connectivity index (χ2n) is 4.80. The van der Waals surface area contributed by atoms with E-state index >= 15 is 0 Å². The van der Waals surface area contributed by atoms with Gasteiger partial charge in [0.1, 0.15) is 5.69 Å². The van der Waals surface area contributed by atoms with Gasteiger partial charge in [-0.2, -0.15) is 0 Å². The monoisotopic (exact) mass is 263 g/mol. The Kier molecular flexibility index (Phi) is 3.99. The predicted molar refractivity (Wildman–Crippen MR) is 71.8 cm³/mol. The van der Waals surface area contributed by atoms with E-state index in [1.807, 2.05) is 0 Å². The highest BCUT2D eigenvalue weighted by Gasteiger charge is 2.21. The molecule has 0 atom stereocenters. The first-order valence-electron chi connectivity index (χ1n) is 6.43. The number of anilines is 1. The van der Waals surface area contributed by atoms with Crippen molar-refractivity contribution in [1.29, 1.82) is 0 Å². The molecule has 0 radical (unpaired) electrons. The van der Waals surface area contributed by atoms with Gasteiger partial charge in [-0.3, -0.25) is 14.9 Å². The fraction of sp³-hybridized carbons (Fsp3) is 0.462. The average Bonchev–Trinajstić information content (AvgIpc) is 2.39. The van der Waals surface area contributed by atoms with Crippen molar-refractivity contribution in [3.8, 4) is 0 Å². The summed E-state index contributed by atoms with van der Waals surface area (Å²) in [7, 11) is 0. The number of nitro groups is 1. The summed E-state index contributed by atoms with van der Waals surface area (Å²) in [4.78, 5) is 22.3. The highest BCUT2D eigenvalue weighted by Crippen LogP contribution is 2.25. The maximum Gasteiger partial charge on any atom is 0.292 e. The number of benzene rings is 1. The van der Waals surface area contributed by atoms with Crippen LogP contribution in [-0.2, 0) is 0 Å². The molecule has 1 aliphatic carbocycles. The number of rotatable bonds is 3. The third-order valence-corrected chi connectivity index (χ3v) is 3.46. The van der Waals surface area contributed by atoms with Crippen LogP contribution in [-0.4, -0.2) is 16.9 Å². The molecule has 0 saturated heterocycles. The lowest BCUT2D eigenvalue weighted by Crippen LogP contribution is -2.36. The number of carbonyl (C=O) groups is 1. The molecule has 1 aromatic carbocycles. The van der Waals surface area contributed by atoms with E-state index in [1.54, 1.807) is 0 Å². The lowest BCUT2D eigenvalue weighted by molar-refractivity contribution is -0.383. The van der Waals surface area contributed by atoms with Gasteiger partial charge in [-0.25, -0.2) is 0 Å². The third-order valence-electron chi connectivity index (χ3n) is 3.46. The van der Waals surface area contributed by atoms with Crippen LogP contribution in [0.3, 0.4) is 0 Å². The Morgan fingerprint density at radius 3 is 2.63 bits per heavy atom. The molecule has 1 fully saturated rings. The fourth-order valence-corrected chi connectivity index (χ4v) is 2.42. The second-order valence-corrected chi connectivity index (χ2v) is 4.80. The molecule has 1 aromatic rings. The SMILES string of the molecule is Nc1c(C(=O)NC2CCCCC2)cccc1[N+](=O)[O-]. The van der Waals surface area contributed by atoms with Gasteiger partial charge in [0.25, 0.3) is 11.6 Å². The Hall–Kier alpha value is -2.11. The van der Waals surface area contributed by atoms with Gasteiger partial charge in [0, 0.05) is 12.1 Å². The molecule has 2 rings (SSSR count). The van der Waals surface area contributed by atoms with Crippen LogP contribution in [0.4, 0.5) is 11.4 Å². The molecule has 0 unspecified atom stereocenters. The van der Waals surface area contributed by atoms with E-state index in [-0.39, 0.29) is 28.9 Å². The molecule has 6 heteroatoms. The van der Waals surface area contributed by atoms with E-state index in [4.69, 9.17) is 5.73 Å². The van der Waals surface area contributed by atoms with Crippen LogP contribution < -0.4 is 11.1 Å². The van der Waals surface area contributed by atoms with Gasteiger partial charge in [-0.05, 0) is 18.9 Å². The van der Waals surface area contributed by atoms with Gasteiger partial charge < -0.3 is 11.1 Å². The van der Waals surface area contributed by atoms with Gasteiger partial charge in [-0.1, -0.05) is 25.3 Å². The summed E-state index contributed by atoms with van der Waals surface area (Å²) in [5.74, 6) is -0.326. The first-order valence-corrected chi connectivity index (χ1v) is 6.43. The third kappa shape index (κ3) is 3.01. The molecule has 0 aromatic heterocycles. The Labute approximate surface area is 111 Å². The van der Waals surface area contributed by atoms with Gasteiger partial charge in [-0.15, -0.1) is 0 Å². The smallest absolute Gasteiger partial charge is 0.292 e. The summed E-state index contributed by atoms with van der Waals surface area (Å²) in [6.45, 7) is 0. The maximum absolute atomic E-state index is 12.1. The molecule has 0 heterocycles. The zero-order chi connectivity index (χ0) is 13.8. The Bertz CT molecular complexity index is 496. The highest BCUT2D eigenvalue weighted by atomic mass is 16.6. The number of nitrogens with two attached hydrogens (primary N) is 1. The van der Waals surface area contributed by atoms with Crippen molar-refractivity contribution in [2.45, 2.75) is 38.1 Å². The number of nitro benzene ring substituents is 1. The van der Waals surface area contributed by atoms with E-state index in [1.165, 1.54) is 24.6 Å². The minimum Gasteiger partial charge on any atom is -0.393 e. The summed E-state index contributed by atoms with van der Waals surface area (Å²) < 4.78 is 0. The van der Waals surface area contributed by atoms with Crippen LogP contribution in [0.25, 0.3) is 0 Å². The molecule has 0 bridgehead atoms. The van der Waals surface area contributed by atoms with Crippen LogP contribution in [0.2, 0.25) is 0 Å². The molecular weight excluding hydrogens is 246 g/mol. The first kappa shape index (κ1) is 13.3. The predicted octanol–water partition coefficient (Wildman–Crippen LogP) is 2.24. The zero-order valence-corrected chi connectivity index (χ0v) is 10.6. The first-order chi connectivity index (χ1) is 9.09. The number of para-hydroxylation sites is 1. The fourth-order valence-electron chi connectivity index (χ4n) is 2.42. The van der Waals surface area contributed by atoms with Crippen LogP contribution in [0.15, 0.2) is 18.2 Å². The van der Waals surface area contributed by atoms with Gasteiger partial charge in [0.05, 0.1) is 10.5 Å². The van der Waals surface area contributed by atoms with Gasteiger partial charge in [0.2, 0.25) is 0 Å². The molecule has 0 spiro atoms. The van der Waals surface area contributed by atoms with Crippen LogP contribution >= 0.6 is 0 Å². The molecule has 0 aliphatic heterocycles. The normalized spacial score (nSPS) is 16.0. The lowest BCUT2D eigenvalue weighted by atomic mass is 9.95. The number of hydrogen-bond donors (Lipinski definition) is 2. The topological polar surface area (TPSA) is 98.3 Å². The largest absolute Gasteiger partial charge is 0.393 e. The molecule has 19 heavy (non-hydrogen) atoms. The van der Waals surface area contributed by atoms with Crippen LogP contribution in [0.5, 0.6) is 0 Å². The van der Waals surface area contributed by atoms with E-state index in [2.05, 4.69) is 5.32 Å². The molecule has 1 amide bonds. The Morgan fingerprint density at radius 1 is 1.32 bits per heavy atom. The van der Waals surface area contributed by atoms with E-state index in [0.717, 1.165) is 25.7 Å². The van der Waals surface area contributed by atoms with Crippen molar-refractivity contribution in [3.05, 3.63) is 33.9 Å². The maximum atomic E-state index is 12.1. The number of nitrogens with zero attached hydrogens (tertiary/aromatic N) is 1. The molecule has 102 valence electrons. The summed E-state index contributed by atoms with van der Waals surface area (Å²) >= 11 is 0. The number of nitrogen functional groups attached to an aromatic ring is 1. The van der Waals surface area contributed by atoms with Crippen molar-refractivity contribution < 1.29 is 9.72 Å². The van der Waals surface area contributed by atoms with Crippen molar-refractivity contribution in [1.82, 2.24) is 5.32 Å². The van der Waals surface area contributed by atoms with Crippen molar-refractivity contribution in [2.24, 2.45) is 0 Å². The standard InChI is InChI=1S/C13H17N3O3/c14-12-10(7-4-8-11(12)16(18)19)13(17)15-9-5-2-1-3-6-9/h4,7-9H,1-3,5-6,14H2,(H,15,17). The molecular formula is C13H17N3O3. The molecule has 1 aliphatic rings.